The number of hydrogen-bond donors (Lipinski definition) is 2. The molecule has 144 valence electrons. The number of para-hydroxylation sites is 2. The fourth-order valence-electron chi connectivity index (χ4n) is 4.71. The van der Waals surface area contributed by atoms with Crippen molar-refractivity contribution < 1.29 is 9.72 Å². The monoisotopic (exact) mass is 374 g/mol. The van der Waals surface area contributed by atoms with Crippen LogP contribution in [0.25, 0.3) is 28.1 Å². The molecule has 1 aliphatic rings. The summed E-state index contributed by atoms with van der Waals surface area (Å²) in [6.45, 7) is 4.29. The molecule has 4 aromatic rings. The first-order chi connectivity index (χ1) is 13.8. The Hall–Kier alpha value is -2.59. The van der Waals surface area contributed by atoms with Crippen molar-refractivity contribution in [2.24, 2.45) is 0 Å². The lowest BCUT2D eigenvalue weighted by Crippen LogP contribution is -2.90. The number of aromatic nitrogens is 3. The molecule has 1 fully saturated rings. The minimum atomic E-state index is 0.818. The summed E-state index contributed by atoms with van der Waals surface area (Å²) in [5.74, 6) is 1.17. The van der Waals surface area contributed by atoms with Crippen molar-refractivity contribution in [2.75, 3.05) is 6.54 Å². The summed E-state index contributed by atoms with van der Waals surface area (Å²) in [6.07, 6.45) is 9.29. The van der Waals surface area contributed by atoms with Gasteiger partial charge in [0.1, 0.15) is 36.0 Å². The van der Waals surface area contributed by atoms with Gasteiger partial charge < -0.3 is 5.32 Å². The maximum Gasteiger partial charge on any atom is 0.368 e. The molecule has 2 aromatic carbocycles. The molecule has 0 spiro atoms. The number of benzene rings is 2. The summed E-state index contributed by atoms with van der Waals surface area (Å²) in [5.41, 5.74) is 6.30. The van der Waals surface area contributed by atoms with Crippen LogP contribution in [0.1, 0.15) is 37.7 Å². The summed E-state index contributed by atoms with van der Waals surface area (Å²) in [5, 5.41) is 2.58. The van der Waals surface area contributed by atoms with E-state index in [0.717, 1.165) is 19.1 Å². The van der Waals surface area contributed by atoms with Crippen molar-refractivity contribution in [1.82, 2.24) is 9.55 Å². The number of hydrogen-bond acceptors (Lipinski definition) is 0. The van der Waals surface area contributed by atoms with E-state index in [0.29, 0.717) is 0 Å². The molecule has 4 heteroatoms. The second kappa shape index (κ2) is 7.44. The number of nitrogens with one attached hydrogen (secondary N) is 1. The summed E-state index contributed by atoms with van der Waals surface area (Å²) in [4.78, 5) is 3.65. The smallest absolute Gasteiger partial charge is 0.341 e. The number of nitrogens with two attached hydrogens (primary N) is 1. The van der Waals surface area contributed by atoms with Crippen LogP contribution in [0, 0.1) is 6.92 Å². The molecular formula is C24H30N4+2. The lowest BCUT2D eigenvalue weighted by Gasteiger charge is -2.19. The van der Waals surface area contributed by atoms with Crippen LogP contribution < -0.4 is 9.72 Å². The van der Waals surface area contributed by atoms with Crippen molar-refractivity contribution in [3.8, 4) is 11.3 Å². The van der Waals surface area contributed by atoms with Gasteiger partial charge in [-0.15, -0.1) is 0 Å². The van der Waals surface area contributed by atoms with E-state index in [-0.39, 0.29) is 0 Å². The molecule has 2 aromatic heterocycles. The van der Waals surface area contributed by atoms with Gasteiger partial charge in [-0.05, 0) is 44.7 Å². The standard InChI is InChI=1S/C24H28N4/c1-18-11-13-19(14-12-18)23-17-28-22-10-6-5-9-21(22)26-24(28)27(23)16-15-25-20-7-3-2-4-8-20/h5-6,9-14,17,20,25H,2-4,7-8,15-16H2,1H3/p+2. The zero-order valence-corrected chi connectivity index (χ0v) is 16.7. The highest BCUT2D eigenvalue weighted by atomic mass is 15.2. The van der Waals surface area contributed by atoms with Crippen LogP contribution in [-0.2, 0) is 6.54 Å². The normalized spacial score (nSPS) is 15.6. The molecule has 1 aliphatic carbocycles. The molecule has 0 amide bonds. The summed E-state index contributed by atoms with van der Waals surface area (Å²) in [6, 6.07) is 18.3. The SMILES string of the molecule is Cc1ccc(-c2c[n+]3c4ccccc4[nH]c3n2CC[NH2+]C2CCCCC2)cc1. The van der Waals surface area contributed by atoms with Crippen molar-refractivity contribution in [3.63, 3.8) is 0 Å². The van der Waals surface area contributed by atoms with E-state index in [1.807, 2.05) is 0 Å². The van der Waals surface area contributed by atoms with Gasteiger partial charge in [0, 0.05) is 5.56 Å². The second-order valence-corrected chi connectivity index (χ2v) is 8.29. The number of H-pyrrole nitrogens is 1. The minimum Gasteiger partial charge on any atom is -0.341 e. The number of aryl methyl sites for hydroxylation is 1. The Morgan fingerprint density at radius 1 is 1.04 bits per heavy atom. The van der Waals surface area contributed by atoms with Crippen LogP contribution in [0.3, 0.4) is 0 Å². The number of aromatic amines is 1. The first-order valence-corrected chi connectivity index (χ1v) is 10.7. The largest absolute Gasteiger partial charge is 0.368 e. The zero-order valence-electron chi connectivity index (χ0n) is 16.7. The maximum atomic E-state index is 3.65. The molecule has 5 rings (SSSR count). The highest BCUT2D eigenvalue weighted by Crippen LogP contribution is 2.23. The van der Waals surface area contributed by atoms with Crippen molar-refractivity contribution in [1.29, 1.82) is 0 Å². The van der Waals surface area contributed by atoms with Gasteiger partial charge in [-0.25, -0.2) is 9.55 Å². The van der Waals surface area contributed by atoms with Crippen molar-refractivity contribution >= 4 is 16.8 Å². The van der Waals surface area contributed by atoms with Gasteiger partial charge in [-0.2, -0.15) is 4.40 Å². The van der Waals surface area contributed by atoms with E-state index in [1.165, 1.54) is 65.7 Å². The highest BCUT2D eigenvalue weighted by molar-refractivity contribution is 5.74. The van der Waals surface area contributed by atoms with Gasteiger partial charge in [-0.1, -0.05) is 48.4 Å². The second-order valence-electron chi connectivity index (χ2n) is 8.29. The number of fused-ring (bicyclic) bond motifs is 3. The average molecular weight is 375 g/mol. The molecule has 0 atom stereocenters. The molecule has 0 radical (unpaired) electrons. The third-order valence-corrected chi connectivity index (χ3v) is 6.29. The van der Waals surface area contributed by atoms with Gasteiger partial charge in [0.2, 0.25) is 0 Å². The van der Waals surface area contributed by atoms with Crippen LogP contribution in [0.2, 0.25) is 0 Å². The van der Waals surface area contributed by atoms with Gasteiger partial charge in [0.15, 0.2) is 0 Å². The van der Waals surface area contributed by atoms with Crippen LogP contribution in [0.15, 0.2) is 54.7 Å². The molecular weight excluding hydrogens is 344 g/mol. The number of quaternary nitrogens is 1. The summed E-state index contributed by atoms with van der Waals surface area (Å²) >= 11 is 0. The first-order valence-electron chi connectivity index (χ1n) is 10.7. The molecule has 0 aliphatic heterocycles. The molecule has 3 N–H and O–H groups in total. The van der Waals surface area contributed by atoms with E-state index in [4.69, 9.17) is 0 Å². The molecule has 2 heterocycles. The Morgan fingerprint density at radius 2 is 1.82 bits per heavy atom. The van der Waals surface area contributed by atoms with Crippen LogP contribution in [0.4, 0.5) is 0 Å². The molecule has 0 bridgehead atoms. The van der Waals surface area contributed by atoms with Crippen LogP contribution in [0.5, 0.6) is 0 Å². The Kier molecular flexibility index (Phi) is 4.65. The molecule has 0 saturated heterocycles. The Balaban J connectivity index is 1.51. The van der Waals surface area contributed by atoms with E-state index in [9.17, 15) is 0 Å². The molecule has 1 saturated carbocycles. The molecule has 0 unspecified atom stereocenters. The molecule has 4 nitrogen and oxygen atoms in total. The Morgan fingerprint density at radius 3 is 2.64 bits per heavy atom. The first kappa shape index (κ1) is 17.5. The van der Waals surface area contributed by atoms with E-state index in [1.54, 1.807) is 0 Å². The van der Waals surface area contributed by atoms with Crippen molar-refractivity contribution in [2.45, 2.75) is 51.6 Å². The lowest BCUT2D eigenvalue weighted by atomic mass is 9.95. The quantitative estimate of drug-likeness (QED) is 0.502. The number of rotatable bonds is 5. The summed E-state index contributed by atoms with van der Waals surface area (Å²) < 4.78 is 4.77. The van der Waals surface area contributed by atoms with E-state index < -0.39 is 0 Å². The minimum absolute atomic E-state index is 0.818. The third kappa shape index (κ3) is 3.22. The van der Waals surface area contributed by atoms with Gasteiger partial charge in [0.25, 0.3) is 0 Å². The highest BCUT2D eigenvalue weighted by Gasteiger charge is 2.23. The van der Waals surface area contributed by atoms with Crippen LogP contribution >= 0.6 is 0 Å². The van der Waals surface area contributed by atoms with Gasteiger partial charge in [-0.3, -0.25) is 0 Å². The van der Waals surface area contributed by atoms with Gasteiger partial charge >= 0.3 is 5.78 Å². The average Bonchev–Trinajstić information content (AvgIpc) is 3.26. The fraction of sp³-hybridized carbons (Fsp3) is 0.375. The number of imidazole rings is 2. The summed E-state index contributed by atoms with van der Waals surface area (Å²) in [7, 11) is 0. The van der Waals surface area contributed by atoms with E-state index in [2.05, 4.69) is 80.9 Å². The topological polar surface area (TPSA) is 41.4 Å². The molecule has 28 heavy (non-hydrogen) atoms. The van der Waals surface area contributed by atoms with Crippen LogP contribution in [-0.4, -0.2) is 22.1 Å². The van der Waals surface area contributed by atoms with E-state index >= 15 is 0 Å². The zero-order chi connectivity index (χ0) is 18.9. The maximum absolute atomic E-state index is 3.65. The predicted molar refractivity (Wildman–Crippen MR) is 113 cm³/mol. The lowest BCUT2D eigenvalue weighted by molar-refractivity contribution is -0.692. The number of nitrogens with zero attached hydrogens (tertiary/aromatic N) is 2. The van der Waals surface area contributed by atoms with Gasteiger partial charge in [0.05, 0.1) is 6.04 Å². The Bertz CT molecular complexity index is 1080. The fourth-order valence-corrected chi connectivity index (χ4v) is 4.71. The predicted octanol–water partition coefficient (Wildman–Crippen LogP) is 3.58. The third-order valence-electron chi connectivity index (χ3n) is 6.29. The van der Waals surface area contributed by atoms with Crippen molar-refractivity contribution in [3.05, 3.63) is 60.3 Å². The Labute approximate surface area is 166 Å².